The maximum absolute atomic E-state index is 10.6. The van der Waals surface area contributed by atoms with E-state index >= 15 is 0 Å². The van der Waals surface area contributed by atoms with Gasteiger partial charge in [0, 0.05) is 10.0 Å². The van der Waals surface area contributed by atoms with Crippen molar-refractivity contribution >= 4 is 31.9 Å². The molecule has 1 atom stereocenters. The molecule has 0 radical (unpaired) electrons. The van der Waals surface area contributed by atoms with Crippen molar-refractivity contribution in [3.8, 4) is 5.75 Å². The first kappa shape index (κ1) is 19.8. The molecule has 1 N–H and O–H groups in total. The number of rotatable bonds is 7. The lowest BCUT2D eigenvalue weighted by molar-refractivity contribution is -0.950. The van der Waals surface area contributed by atoms with Crippen molar-refractivity contribution in [1.29, 1.82) is 0 Å². The molecule has 0 saturated carbocycles. The monoisotopic (exact) mass is 484 g/mol. The first-order valence-electron chi connectivity index (χ1n) is 8.79. The van der Waals surface area contributed by atoms with Crippen molar-refractivity contribution in [2.24, 2.45) is 0 Å². The van der Waals surface area contributed by atoms with Gasteiger partial charge in [0.15, 0.2) is 0 Å². The van der Waals surface area contributed by atoms with Crippen LogP contribution in [0.4, 0.5) is 0 Å². The van der Waals surface area contributed by atoms with Crippen molar-refractivity contribution in [2.45, 2.75) is 12.6 Å². The summed E-state index contributed by atoms with van der Waals surface area (Å²) >= 11 is 6.92. The number of aliphatic hydroxyl groups is 1. The third-order valence-corrected chi connectivity index (χ3v) is 5.82. The second-order valence-corrected chi connectivity index (χ2v) is 8.54. The first-order valence-corrected chi connectivity index (χ1v) is 10.4. The van der Waals surface area contributed by atoms with Crippen molar-refractivity contribution in [3.63, 3.8) is 0 Å². The van der Waals surface area contributed by atoms with E-state index in [2.05, 4.69) is 56.1 Å². The summed E-state index contributed by atoms with van der Waals surface area (Å²) in [5.41, 5.74) is 1.29. The first-order chi connectivity index (χ1) is 12.6. The van der Waals surface area contributed by atoms with Crippen molar-refractivity contribution in [2.75, 3.05) is 39.5 Å². The Bertz CT molecular complexity index is 705. The Kier molecular flexibility index (Phi) is 7.12. The Morgan fingerprint density at radius 2 is 1.81 bits per heavy atom. The molecule has 3 rings (SSSR count). The Morgan fingerprint density at radius 1 is 1.08 bits per heavy atom. The zero-order chi connectivity index (χ0) is 18.4. The number of hydrogen-bond donors (Lipinski definition) is 1. The lowest BCUT2D eigenvalue weighted by Gasteiger charge is -2.42. The number of hydrogen-bond acceptors (Lipinski definition) is 3. The highest BCUT2D eigenvalue weighted by Gasteiger charge is 2.33. The molecule has 0 spiro atoms. The van der Waals surface area contributed by atoms with Crippen LogP contribution in [0.15, 0.2) is 57.5 Å². The molecule has 1 saturated heterocycles. The zero-order valence-electron chi connectivity index (χ0n) is 14.6. The van der Waals surface area contributed by atoms with Crippen LogP contribution in [-0.2, 0) is 11.3 Å². The molecule has 1 aliphatic rings. The van der Waals surface area contributed by atoms with Gasteiger partial charge in [-0.3, -0.25) is 0 Å². The molecule has 1 heterocycles. The van der Waals surface area contributed by atoms with Crippen LogP contribution in [0.2, 0.25) is 0 Å². The quantitative estimate of drug-likeness (QED) is 0.602. The van der Waals surface area contributed by atoms with Gasteiger partial charge in [0.1, 0.15) is 44.6 Å². The Hall–Kier alpha value is -0.920. The van der Waals surface area contributed by atoms with Crippen LogP contribution >= 0.6 is 31.9 Å². The van der Waals surface area contributed by atoms with Crippen LogP contribution in [-0.4, -0.2) is 55.1 Å². The molecule has 26 heavy (non-hydrogen) atoms. The fourth-order valence-corrected chi connectivity index (χ4v) is 4.55. The Labute approximate surface area is 171 Å². The lowest BCUT2D eigenvalue weighted by Crippen LogP contribution is -2.58. The molecule has 1 fully saturated rings. The van der Waals surface area contributed by atoms with Gasteiger partial charge in [0.05, 0.1) is 17.7 Å². The van der Waals surface area contributed by atoms with E-state index in [-0.39, 0.29) is 6.61 Å². The Balaban J connectivity index is 1.62. The van der Waals surface area contributed by atoms with Crippen molar-refractivity contribution in [1.82, 2.24) is 0 Å². The average molecular weight is 486 g/mol. The van der Waals surface area contributed by atoms with E-state index in [9.17, 15) is 5.11 Å². The summed E-state index contributed by atoms with van der Waals surface area (Å²) in [5.74, 6) is 0.740. The van der Waals surface area contributed by atoms with Gasteiger partial charge in [-0.05, 0) is 34.1 Å². The van der Waals surface area contributed by atoms with E-state index in [1.54, 1.807) is 0 Å². The van der Waals surface area contributed by atoms with Crippen molar-refractivity contribution < 1.29 is 19.1 Å². The van der Waals surface area contributed by atoms with Crippen LogP contribution < -0.4 is 4.74 Å². The van der Waals surface area contributed by atoms with Gasteiger partial charge in [-0.15, -0.1) is 0 Å². The van der Waals surface area contributed by atoms with Gasteiger partial charge in [0.2, 0.25) is 0 Å². The van der Waals surface area contributed by atoms with Crippen molar-refractivity contribution in [3.05, 3.63) is 63.0 Å². The molecule has 0 amide bonds. The molecule has 0 aliphatic carbocycles. The minimum atomic E-state index is -0.535. The predicted octanol–water partition coefficient (Wildman–Crippen LogP) is 4.00. The normalized spacial score (nSPS) is 17.7. The van der Waals surface area contributed by atoms with Crippen LogP contribution in [0.1, 0.15) is 5.56 Å². The summed E-state index contributed by atoms with van der Waals surface area (Å²) in [5, 5.41) is 10.6. The topological polar surface area (TPSA) is 38.7 Å². The van der Waals surface area contributed by atoms with E-state index in [1.807, 2.05) is 24.3 Å². The van der Waals surface area contributed by atoms with Gasteiger partial charge >= 0.3 is 0 Å². The second kappa shape index (κ2) is 9.33. The number of morpholine rings is 1. The summed E-state index contributed by atoms with van der Waals surface area (Å²) in [4.78, 5) is 0. The SMILES string of the molecule is O[C@@H](COc1ccc(Br)cc1Br)C[N+]1(Cc2ccccc2)CCOCC1. The van der Waals surface area contributed by atoms with Gasteiger partial charge < -0.3 is 19.1 Å². The molecule has 6 heteroatoms. The maximum Gasteiger partial charge on any atom is 0.137 e. The van der Waals surface area contributed by atoms with E-state index < -0.39 is 6.10 Å². The minimum Gasteiger partial charge on any atom is -0.489 e. The molecule has 2 aromatic carbocycles. The summed E-state index contributed by atoms with van der Waals surface area (Å²) in [6, 6.07) is 16.2. The molecule has 0 unspecified atom stereocenters. The van der Waals surface area contributed by atoms with Gasteiger partial charge in [-0.25, -0.2) is 0 Å². The molecule has 140 valence electrons. The second-order valence-electron chi connectivity index (χ2n) is 6.77. The standard InChI is InChI=1S/C20H24Br2NO3/c21-17-6-7-20(19(22)12-17)26-15-18(24)14-23(8-10-25-11-9-23)13-16-4-2-1-3-5-16/h1-7,12,18,24H,8-11,13-15H2/q+1/t18-/m1/s1. The maximum atomic E-state index is 10.6. The highest BCUT2D eigenvalue weighted by atomic mass is 79.9. The molecule has 2 aromatic rings. The van der Waals surface area contributed by atoms with E-state index in [1.165, 1.54) is 5.56 Å². The molecular weight excluding hydrogens is 462 g/mol. The van der Waals surface area contributed by atoms with Crippen LogP contribution in [0.3, 0.4) is 0 Å². The number of benzene rings is 2. The fraction of sp³-hybridized carbons (Fsp3) is 0.400. The van der Waals surface area contributed by atoms with Gasteiger partial charge in [0.25, 0.3) is 0 Å². The van der Waals surface area contributed by atoms with E-state index in [4.69, 9.17) is 9.47 Å². The lowest BCUT2D eigenvalue weighted by atomic mass is 10.1. The minimum absolute atomic E-state index is 0.274. The summed E-state index contributed by atoms with van der Waals surface area (Å²) in [7, 11) is 0. The van der Waals surface area contributed by atoms with E-state index in [0.717, 1.165) is 52.0 Å². The summed E-state index contributed by atoms with van der Waals surface area (Å²) in [6.07, 6.45) is -0.535. The largest absolute Gasteiger partial charge is 0.489 e. The zero-order valence-corrected chi connectivity index (χ0v) is 17.8. The third kappa shape index (κ3) is 5.54. The number of nitrogens with zero attached hydrogens (tertiary/aromatic N) is 1. The van der Waals surface area contributed by atoms with Gasteiger partial charge in [-0.1, -0.05) is 46.3 Å². The molecule has 1 aliphatic heterocycles. The molecule has 0 aromatic heterocycles. The third-order valence-electron chi connectivity index (χ3n) is 4.70. The van der Waals surface area contributed by atoms with Crippen LogP contribution in [0, 0.1) is 0 Å². The summed E-state index contributed by atoms with van der Waals surface area (Å²) in [6.45, 7) is 5.13. The Morgan fingerprint density at radius 3 is 2.50 bits per heavy atom. The van der Waals surface area contributed by atoms with E-state index in [0.29, 0.717) is 6.54 Å². The van der Waals surface area contributed by atoms with Crippen LogP contribution in [0.5, 0.6) is 5.75 Å². The molecule has 0 bridgehead atoms. The average Bonchev–Trinajstić information content (AvgIpc) is 2.62. The van der Waals surface area contributed by atoms with Gasteiger partial charge in [-0.2, -0.15) is 0 Å². The number of ether oxygens (including phenoxy) is 2. The number of quaternary nitrogens is 1. The highest BCUT2D eigenvalue weighted by Crippen LogP contribution is 2.28. The predicted molar refractivity (Wildman–Crippen MR) is 109 cm³/mol. The fourth-order valence-electron chi connectivity index (χ4n) is 3.38. The molecular formula is C20H24Br2NO3+. The smallest absolute Gasteiger partial charge is 0.137 e. The van der Waals surface area contributed by atoms with Crippen LogP contribution in [0.25, 0.3) is 0 Å². The number of halogens is 2. The molecule has 4 nitrogen and oxygen atoms in total. The highest BCUT2D eigenvalue weighted by molar-refractivity contribution is 9.11. The summed E-state index contributed by atoms with van der Waals surface area (Å²) < 4.78 is 14.1. The number of aliphatic hydroxyl groups excluding tert-OH is 1.